The number of amidine groups is 1. The molecule has 2 aromatic carbocycles. The number of hydrogen-bond acceptors (Lipinski definition) is 7. The van der Waals surface area contributed by atoms with Crippen LogP contribution in [0.15, 0.2) is 62.6 Å². The average Bonchev–Trinajstić information content (AvgIpc) is 3.28. The van der Waals surface area contributed by atoms with Gasteiger partial charge in [-0.05, 0) is 55.3 Å². The summed E-state index contributed by atoms with van der Waals surface area (Å²) >= 11 is 0. The van der Waals surface area contributed by atoms with Crippen molar-refractivity contribution in [3.8, 4) is 16.9 Å². The third-order valence-electron chi connectivity index (χ3n) is 5.30. The molecule has 1 fully saturated rings. The molecule has 0 saturated carbocycles. The second kappa shape index (κ2) is 9.03. The van der Waals surface area contributed by atoms with Crippen molar-refractivity contribution in [2.24, 2.45) is 20.4 Å². The molecule has 4 rings (SSSR count). The fourth-order valence-corrected chi connectivity index (χ4v) is 4.56. The molecule has 0 spiro atoms. The van der Waals surface area contributed by atoms with Gasteiger partial charge in [0.2, 0.25) is 10.0 Å². The molecule has 0 atom stereocenters. The maximum atomic E-state index is 12.1. The molecule has 2 aliphatic heterocycles. The van der Waals surface area contributed by atoms with Crippen molar-refractivity contribution in [3.63, 3.8) is 0 Å². The lowest BCUT2D eigenvalue weighted by atomic mass is 9.99. The molecule has 2 heterocycles. The van der Waals surface area contributed by atoms with Gasteiger partial charge in [0.1, 0.15) is 12.4 Å². The van der Waals surface area contributed by atoms with Gasteiger partial charge < -0.3 is 4.74 Å². The minimum absolute atomic E-state index is 0.0125. The van der Waals surface area contributed by atoms with Gasteiger partial charge in [-0.2, -0.15) is 5.11 Å². The second-order valence-electron chi connectivity index (χ2n) is 7.36. The maximum Gasteiger partial charge on any atom is 0.238 e. The minimum atomic E-state index is -3.94. The second-order valence-corrected chi connectivity index (χ2v) is 8.89. The van der Waals surface area contributed by atoms with Crippen LogP contribution < -0.4 is 9.88 Å². The molecule has 2 aliphatic rings. The molecular weight excluding hydrogens is 402 g/mol. The van der Waals surface area contributed by atoms with Crippen molar-refractivity contribution in [2.45, 2.75) is 24.2 Å². The number of ether oxygens (including phenoxy) is 1. The van der Waals surface area contributed by atoms with Gasteiger partial charge in [-0.15, -0.1) is 5.11 Å². The molecule has 158 valence electrons. The van der Waals surface area contributed by atoms with Crippen molar-refractivity contribution in [1.29, 1.82) is 0 Å². The molecular formula is C21H25N5O3S. The van der Waals surface area contributed by atoms with Gasteiger partial charge in [0.15, 0.2) is 12.5 Å². The van der Waals surface area contributed by atoms with Gasteiger partial charge in [-0.1, -0.05) is 30.7 Å². The highest BCUT2D eigenvalue weighted by Crippen LogP contribution is 2.31. The van der Waals surface area contributed by atoms with E-state index in [1.807, 2.05) is 30.3 Å². The van der Waals surface area contributed by atoms with Gasteiger partial charge in [0.25, 0.3) is 0 Å². The Labute approximate surface area is 176 Å². The quantitative estimate of drug-likeness (QED) is 0.732. The highest BCUT2D eigenvalue weighted by Gasteiger charge is 2.23. The molecule has 0 radical (unpaired) electrons. The Bertz CT molecular complexity index is 1060. The van der Waals surface area contributed by atoms with Crippen LogP contribution in [-0.2, 0) is 10.0 Å². The van der Waals surface area contributed by atoms with Gasteiger partial charge in [-0.25, -0.2) is 18.5 Å². The Balaban J connectivity index is 1.54. The van der Waals surface area contributed by atoms with E-state index in [0.29, 0.717) is 17.7 Å². The fraction of sp³-hybridized carbons (Fsp3) is 0.381. The van der Waals surface area contributed by atoms with E-state index in [2.05, 4.69) is 20.1 Å². The van der Waals surface area contributed by atoms with E-state index < -0.39 is 10.0 Å². The van der Waals surface area contributed by atoms with Crippen LogP contribution in [0.1, 0.15) is 24.8 Å². The van der Waals surface area contributed by atoms with Crippen LogP contribution in [0, 0.1) is 0 Å². The smallest absolute Gasteiger partial charge is 0.238 e. The van der Waals surface area contributed by atoms with E-state index in [1.54, 1.807) is 6.07 Å². The van der Waals surface area contributed by atoms with E-state index in [0.717, 1.165) is 30.9 Å². The monoisotopic (exact) mass is 427 g/mol. The normalized spacial score (nSPS) is 17.2. The molecule has 0 aliphatic carbocycles. The third-order valence-corrected chi connectivity index (χ3v) is 6.25. The number of hydrogen-bond donors (Lipinski definition) is 1. The Hall–Kier alpha value is -2.62. The third kappa shape index (κ3) is 4.75. The van der Waals surface area contributed by atoms with E-state index in [9.17, 15) is 8.42 Å². The summed E-state index contributed by atoms with van der Waals surface area (Å²) in [5, 5.41) is 13.3. The SMILES string of the molecule is NS(=O)(=O)c1cccc(-c2ccc(OCCN3CCCCC3)cc2)c1C1=NCN=N1. The predicted octanol–water partition coefficient (Wildman–Crippen LogP) is 3.04. The highest BCUT2D eigenvalue weighted by molar-refractivity contribution is 7.89. The number of likely N-dealkylation sites (tertiary alicyclic amines) is 1. The number of azo groups is 1. The van der Waals surface area contributed by atoms with Gasteiger partial charge in [0, 0.05) is 12.1 Å². The number of benzene rings is 2. The lowest BCUT2D eigenvalue weighted by Crippen LogP contribution is -2.33. The van der Waals surface area contributed by atoms with E-state index in [4.69, 9.17) is 9.88 Å². The molecule has 2 aromatic rings. The lowest BCUT2D eigenvalue weighted by molar-refractivity contribution is 0.183. The summed E-state index contributed by atoms with van der Waals surface area (Å²) in [6.07, 6.45) is 3.85. The summed E-state index contributed by atoms with van der Waals surface area (Å²) in [7, 11) is -3.94. The Kier molecular flexibility index (Phi) is 6.21. The molecule has 8 nitrogen and oxygen atoms in total. The molecule has 0 aromatic heterocycles. The topological polar surface area (TPSA) is 110 Å². The van der Waals surface area contributed by atoms with E-state index >= 15 is 0 Å². The van der Waals surface area contributed by atoms with Crippen molar-refractivity contribution in [2.75, 3.05) is 32.9 Å². The van der Waals surface area contributed by atoms with Crippen LogP contribution in [0.5, 0.6) is 5.75 Å². The molecule has 1 saturated heterocycles. The number of aliphatic imine (C=N–C) groups is 1. The molecule has 2 N–H and O–H groups in total. The van der Waals surface area contributed by atoms with Gasteiger partial charge in [0.05, 0.1) is 4.90 Å². The molecule has 0 unspecified atom stereocenters. The van der Waals surface area contributed by atoms with Crippen LogP contribution in [-0.4, -0.2) is 52.1 Å². The summed E-state index contributed by atoms with van der Waals surface area (Å²) in [4.78, 5) is 6.62. The van der Waals surface area contributed by atoms with E-state index in [1.165, 1.54) is 25.3 Å². The zero-order valence-electron chi connectivity index (χ0n) is 16.7. The average molecular weight is 428 g/mol. The number of primary sulfonamides is 1. The maximum absolute atomic E-state index is 12.1. The van der Waals surface area contributed by atoms with Gasteiger partial charge >= 0.3 is 0 Å². The van der Waals surface area contributed by atoms with E-state index in [-0.39, 0.29) is 17.4 Å². The van der Waals surface area contributed by atoms with Crippen molar-refractivity contribution in [3.05, 3.63) is 48.0 Å². The number of rotatable bonds is 7. The summed E-state index contributed by atoms with van der Waals surface area (Å²) in [5.41, 5.74) is 1.88. The molecule has 30 heavy (non-hydrogen) atoms. The minimum Gasteiger partial charge on any atom is -0.492 e. The zero-order chi connectivity index (χ0) is 21.0. The van der Waals surface area contributed by atoms with Crippen molar-refractivity contribution >= 4 is 15.9 Å². The summed E-state index contributed by atoms with van der Waals surface area (Å²) in [5.74, 6) is 1.05. The first kappa shape index (κ1) is 20.6. The van der Waals surface area contributed by atoms with Crippen molar-refractivity contribution < 1.29 is 13.2 Å². The van der Waals surface area contributed by atoms with Crippen LogP contribution in [0.4, 0.5) is 0 Å². The summed E-state index contributed by atoms with van der Waals surface area (Å²) in [6.45, 7) is 4.03. The van der Waals surface area contributed by atoms with Crippen LogP contribution in [0.3, 0.4) is 0 Å². The Morgan fingerprint density at radius 3 is 2.47 bits per heavy atom. The largest absolute Gasteiger partial charge is 0.492 e. The van der Waals surface area contributed by atoms with Crippen molar-refractivity contribution in [1.82, 2.24) is 4.90 Å². The standard InChI is InChI=1S/C21H25N5O3S/c22-30(27,28)19-6-4-5-18(20(19)21-23-15-24-25-21)16-7-9-17(10-8-16)29-14-13-26-11-2-1-3-12-26/h4-10H,1-3,11-15H2,(H2,22,27,28). The summed E-state index contributed by atoms with van der Waals surface area (Å²) in [6, 6.07) is 12.5. The molecule has 0 amide bonds. The fourth-order valence-electron chi connectivity index (χ4n) is 3.80. The zero-order valence-corrected chi connectivity index (χ0v) is 17.5. The number of nitrogens with two attached hydrogens (primary N) is 1. The number of sulfonamides is 1. The first-order valence-electron chi connectivity index (χ1n) is 10.1. The molecule has 9 heteroatoms. The number of nitrogens with zero attached hydrogens (tertiary/aromatic N) is 4. The molecule has 0 bridgehead atoms. The Morgan fingerprint density at radius 1 is 1.03 bits per heavy atom. The van der Waals surface area contributed by atoms with Crippen LogP contribution >= 0.6 is 0 Å². The highest BCUT2D eigenvalue weighted by atomic mass is 32.2. The Morgan fingerprint density at radius 2 is 1.80 bits per heavy atom. The van der Waals surface area contributed by atoms with Crippen LogP contribution in [0.25, 0.3) is 11.1 Å². The summed E-state index contributed by atoms with van der Waals surface area (Å²) < 4.78 is 30.1. The first-order valence-corrected chi connectivity index (χ1v) is 11.6. The number of piperidine rings is 1. The predicted molar refractivity (Wildman–Crippen MR) is 115 cm³/mol. The lowest BCUT2D eigenvalue weighted by Gasteiger charge is -2.26. The van der Waals surface area contributed by atoms with Crippen LogP contribution in [0.2, 0.25) is 0 Å². The first-order chi connectivity index (χ1) is 14.5. The van der Waals surface area contributed by atoms with Gasteiger partial charge in [-0.3, -0.25) is 4.90 Å².